The Labute approximate surface area is 91.2 Å². The Morgan fingerprint density at radius 3 is 2.93 bits per heavy atom. The van der Waals surface area contributed by atoms with Gasteiger partial charge >= 0.3 is 0 Å². The van der Waals surface area contributed by atoms with Crippen LogP contribution >= 0.6 is 0 Å². The summed E-state index contributed by atoms with van der Waals surface area (Å²) in [5.74, 6) is 1.02. The number of hydrogen-bond acceptors (Lipinski definition) is 3. The van der Waals surface area contributed by atoms with E-state index in [4.69, 9.17) is 4.42 Å². The Morgan fingerprint density at radius 2 is 2.27 bits per heavy atom. The Balaban J connectivity index is 1.72. The second-order valence-electron chi connectivity index (χ2n) is 4.74. The van der Waals surface area contributed by atoms with Crippen LogP contribution in [0.5, 0.6) is 0 Å². The minimum Gasteiger partial charge on any atom is -0.468 e. The molecule has 2 N–H and O–H groups in total. The zero-order valence-corrected chi connectivity index (χ0v) is 9.38. The highest BCUT2D eigenvalue weighted by molar-refractivity contribution is 4.97. The van der Waals surface area contributed by atoms with E-state index in [-0.39, 0.29) is 0 Å². The van der Waals surface area contributed by atoms with Crippen LogP contribution in [0.25, 0.3) is 0 Å². The van der Waals surface area contributed by atoms with E-state index in [0.717, 1.165) is 31.9 Å². The lowest BCUT2D eigenvalue weighted by atomic mass is 9.81. The van der Waals surface area contributed by atoms with Crippen LogP contribution in [0, 0.1) is 5.41 Å². The third-order valence-corrected chi connectivity index (χ3v) is 3.24. The van der Waals surface area contributed by atoms with E-state index < -0.39 is 0 Å². The van der Waals surface area contributed by atoms with E-state index >= 15 is 0 Å². The molecular weight excluding hydrogens is 188 g/mol. The first-order valence-electron chi connectivity index (χ1n) is 5.72. The zero-order valence-electron chi connectivity index (χ0n) is 9.38. The van der Waals surface area contributed by atoms with Crippen LogP contribution in [0.2, 0.25) is 0 Å². The van der Waals surface area contributed by atoms with Gasteiger partial charge in [0.15, 0.2) is 0 Å². The molecule has 0 aliphatic carbocycles. The molecule has 0 spiro atoms. The lowest BCUT2D eigenvalue weighted by molar-refractivity contribution is 0.218. The van der Waals surface area contributed by atoms with Crippen LogP contribution in [0.15, 0.2) is 22.8 Å². The lowest BCUT2D eigenvalue weighted by Gasteiger charge is -2.34. The largest absolute Gasteiger partial charge is 0.468 e. The molecule has 0 aromatic carbocycles. The lowest BCUT2D eigenvalue weighted by Crippen LogP contribution is -2.41. The predicted molar refractivity (Wildman–Crippen MR) is 60.6 cm³/mol. The molecule has 1 aliphatic heterocycles. The number of rotatable bonds is 4. The van der Waals surface area contributed by atoms with E-state index in [0.29, 0.717) is 5.41 Å². The summed E-state index contributed by atoms with van der Waals surface area (Å²) >= 11 is 0. The molecule has 1 saturated heterocycles. The molecule has 3 nitrogen and oxygen atoms in total. The number of piperidine rings is 1. The SMILES string of the molecule is CC1(CNCc2ccco2)CCNCC1. The molecule has 0 saturated carbocycles. The first-order chi connectivity index (χ1) is 7.29. The number of furan rings is 1. The molecule has 1 aliphatic rings. The van der Waals surface area contributed by atoms with Gasteiger partial charge in [0.25, 0.3) is 0 Å². The van der Waals surface area contributed by atoms with Crippen molar-refractivity contribution in [1.29, 1.82) is 0 Å². The van der Waals surface area contributed by atoms with Crippen LogP contribution in [0.1, 0.15) is 25.5 Å². The van der Waals surface area contributed by atoms with Crippen molar-refractivity contribution in [1.82, 2.24) is 10.6 Å². The molecule has 2 heterocycles. The number of nitrogens with one attached hydrogen (secondary N) is 2. The minimum atomic E-state index is 0.456. The Kier molecular flexibility index (Phi) is 3.44. The highest BCUT2D eigenvalue weighted by Crippen LogP contribution is 2.26. The maximum atomic E-state index is 5.28. The Hall–Kier alpha value is -0.800. The molecule has 0 radical (unpaired) electrons. The summed E-state index contributed by atoms with van der Waals surface area (Å²) in [4.78, 5) is 0. The molecule has 1 aromatic heterocycles. The summed E-state index contributed by atoms with van der Waals surface area (Å²) in [6, 6.07) is 3.95. The van der Waals surface area contributed by atoms with E-state index in [1.54, 1.807) is 6.26 Å². The van der Waals surface area contributed by atoms with Gasteiger partial charge in [-0.05, 0) is 43.5 Å². The van der Waals surface area contributed by atoms with Gasteiger partial charge in [-0.25, -0.2) is 0 Å². The van der Waals surface area contributed by atoms with E-state index in [2.05, 4.69) is 17.6 Å². The molecular formula is C12H20N2O. The Morgan fingerprint density at radius 1 is 1.47 bits per heavy atom. The van der Waals surface area contributed by atoms with Crippen molar-refractivity contribution in [3.8, 4) is 0 Å². The highest BCUT2D eigenvalue weighted by Gasteiger charge is 2.25. The molecule has 0 bridgehead atoms. The van der Waals surface area contributed by atoms with Crippen molar-refractivity contribution in [3.05, 3.63) is 24.2 Å². The quantitative estimate of drug-likeness (QED) is 0.791. The van der Waals surface area contributed by atoms with E-state index in [1.165, 1.54) is 12.8 Å². The molecule has 15 heavy (non-hydrogen) atoms. The number of hydrogen-bond donors (Lipinski definition) is 2. The second kappa shape index (κ2) is 4.81. The standard InChI is InChI=1S/C12H20N2O/c1-12(4-6-13-7-5-12)10-14-9-11-3-2-8-15-11/h2-3,8,13-14H,4-7,9-10H2,1H3. The predicted octanol–water partition coefficient (Wildman–Crippen LogP) is 1.76. The summed E-state index contributed by atoms with van der Waals surface area (Å²) in [6.45, 7) is 6.59. The molecule has 0 unspecified atom stereocenters. The summed E-state index contributed by atoms with van der Waals surface area (Å²) in [6.07, 6.45) is 4.25. The average Bonchev–Trinajstić information content (AvgIpc) is 2.71. The van der Waals surface area contributed by atoms with Crippen molar-refractivity contribution in [2.75, 3.05) is 19.6 Å². The fourth-order valence-corrected chi connectivity index (χ4v) is 2.11. The van der Waals surface area contributed by atoms with Gasteiger partial charge in [0.05, 0.1) is 12.8 Å². The van der Waals surface area contributed by atoms with Crippen molar-refractivity contribution in [3.63, 3.8) is 0 Å². The van der Waals surface area contributed by atoms with Gasteiger partial charge in [-0.1, -0.05) is 6.92 Å². The maximum Gasteiger partial charge on any atom is 0.117 e. The first kappa shape index (κ1) is 10.7. The minimum absolute atomic E-state index is 0.456. The Bertz CT molecular complexity index is 276. The topological polar surface area (TPSA) is 37.2 Å². The fourth-order valence-electron chi connectivity index (χ4n) is 2.11. The van der Waals surface area contributed by atoms with Crippen molar-refractivity contribution in [2.45, 2.75) is 26.3 Å². The first-order valence-corrected chi connectivity index (χ1v) is 5.72. The zero-order chi connectivity index (χ0) is 10.6. The normalized spacial score (nSPS) is 20.3. The van der Waals surface area contributed by atoms with Gasteiger partial charge in [-0.2, -0.15) is 0 Å². The molecule has 1 aromatic rings. The van der Waals surface area contributed by atoms with Gasteiger partial charge in [0.2, 0.25) is 0 Å². The summed E-state index contributed by atoms with van der Waals surface area (Å²) in [5, 5.41) is 6.87. The molecule has 0 amide bonds. The van der Waals surface area contributed by atoms with Crippen LogP contribution in [0.3, 0.4) is 0 Å². The van der Waals surface area contributed by atoms with Crippen molar-refractivity contribution in [2.24, 2.45) is 5.41 Å². The third-order valence-electron chi connectivity index (χ3n) is 3.24. The molecule has 0 atom stereocenters. The smallest absolute Gasteiger partial charge is 0.117 e. The average molecular weight is 208 g/mol. The summed E-state index contributed by atoms with van der Waals surface area (Å²) < 4.78 is 5.28. The molecule has 2 rings (SSSR count). The fraction of sp³-hybridized carbons (Fsp3) is 0.667. The molecule has 3 heteroatoms. The third kappa shape index (κ3) is 3.08. The van der Waals surface area contributed by atoms with E-state index in [1.807, 2.05) is 12.1 Å². The van der Waals surface area contributed by atoms with Gasteiger partial charge in [-0.15, -0.1) is 0 Å². The monoisotopic (exact) mass is 208 g/mol. The summed E-state index contributed by atoms with van der Waals surface area (Å²) in [5.41, 5.74) is 0.456. The van der Waals surface area contributed by atoms with Gasteiger partial charge in [0, 0.05) is 6.54 Å². The van der Waals surface area contributed by atoms with Crippen molar-refractivity contribution >= 4 is 0 Å². The molecule has 84 valence electrons. The van der Waals surface area contributed by atoms with Gasteiger partial charge < -0.3 is 15.1 Å². The van der Waals surface area contributed by atoms with Crippen LogP contribution < -0.4 is 10.6 Å². The van der Waals surface area contributed by atoms with Crippen LogP contribution in [0.4, 0.5) is 0 Å². The van der Waals surface area contributed by atoms with Crippen molar-refractivity contribution < 1.29 is 4.42 Å². The van der Waals surface area contributed by atoms with E-state index in [9.17, 15) is 0 Å². The van der Waals surface area contributed by atoms with Crippen LogP contribution in [-0.2, 0) is 6.54 Å². The molecule has 1 fully saturated rings. The second-order valence-corrected chi connectivity index (χ2v) is 4.74. The van der Waals surface area contributed by atoms with Gasteiger partial charge in [-0.3, -0.25) is 0 Å². The summed E-state index contributed by atoms with van der Waals surface area (Å²) in [7, 11) is 0. The highest BCUT2D eigenvalue weighted by atomic mass is 16.3. The maximum absolute atomic E-state index is 5.28. The van der Waals surface area contributed by atoms with Crippen LogP contribution in [-0.4, -0.2) is 19.6 Å². The van der Waals surface area contributed by atoms with Gasteiger partial charge in [0.1, 0.15) is 5.76 Å².